The zero-order valence-electron chi connectivity index (χ0n) is 18.4. The van der Waals surface area contributed by atoms with Gasteiger partial charge in [-0.1, -0.05) is 0 Å². The van der Waals surface area contributed by atoms with E-state index >= 15 is 0 Å². The Bertz CT molecular complexity index is 1150. The topological polar surface area (TPSA) is 59.1 Å². The Hall–Kier alpha value is -2.16. The predicted octanol–water partition coefficient (Wildman–Crippen LogP) is 5.23. The van der Waals surface area contributed by atoms with Gasteiger partial charge in [-0.15, -0.1) is 16.4 Å². The van der Waals surface area contributed by atoms with E-state index in [1.54, 1.807) is 6.20 Å². The smallest absolute Gasteiger partial charge is 0.166 e. The molecule has 3 fully saturated rings. The van der Waals surface area contributed by atoms with E-state index in [1.807, 2.05) is 5.38 Å². The Morgan fingerprint density at radius 3 is 2.91 bits per heavy atom. The molecular weight excluding hydrogens is 442 g/mol. The van der Waals surface area contributed by atoms with Crippen molar-refractivity contribution in [3.05, 3.63) is 41.4 Å². The highest BCUT2D eigenvalue weighted by atomic mass is 32.1. The first-order chi connectivity index (χ1) is 16.2. The van der Waals surface area contributed by atoms with Crippen LogP contribution < -0.4 is 10.6 Å². The zero-order valence-corrected chi connectivity index (χ0v) is 19.2. The fraction of sp³-hybridized carbons (Fsp3) is 0.520. The number of nitrogens with one attached hydrogen (secondary N) is 2. The molecule has 1 aliphatic carbocycles. The number of rotatable bonds is 5. The van der Waals surface area contributed by atoms with Gasteiger partial charge in [0.15, 0.2) is 5.82 Å². The number of aromatic nitrogens is 2. The van der Waals surface area contributed by atoms with Crippen molar-refractivity contribution in [1.29, 1.82) is 0 Å². The molecule has 8 heteroatoms. The van der Waals surface area contributed by atoms with Crippen LogP contribution in [0.2, 0.25) is 0 Å². The third-order valence-corrected chi connectivity index (χ3v) is 8.79. The minimum Gasteiger partial charge on any atom is -0.381 e. The molecule has 4 heterocycles. The van der Waals surface area contributed by atoms with Crippen LogP contribution in [0.3, 0.4) is 0 Å². The molecular formula is C25H28F2N4OS. The van der Waals surface area contributed by atoms with Gasteiger partial charge in [-0.2, -0.15) is 5.10 Å². The van der Waals surface area contributed by atoms with E-state index in [4.69, 9.17) is 4.74 Å². The van der Waals surface area contributed by atoms with Crippen LogP contribution in [0.4, 0.5) is 14.6 Å². The lowest BCUT2D eigenvalue weighted by atomic mass is 9.85. The van der Waals surface area contributed by atoms with Crippen molar-refractivity contribution in [3.63, 3.8) is 0 Å². The van der Waals surface area contributed by atoms with Crippen molar-refractivity contribution >= 4 is 27.2 Å². The molecule has 2 saturated heterocycles. The summed E-state index contributed by atoms with van der Waals surface area (Å²) in [5.74, 6) is 2.02. The third-order valence-electron chi connectivity index (χ3n) is 7.79. The van der Waals surface area contributed by atoms with Gasteiger partial charge in [0, 0.05) is 47.2 Å². The molecule has 2 aromatic heterocycles. The van der Waals surface area contributed by atoms with Crippen LogP contribution in [0.15, 0.2) is 29.8 Å². The molecule has 0 radical (unpaired) electrons. The number of nitrogens with zero attached hydrogens (tertiary/aromatic N) is 2. The Labute approximate surface area is 195 Å². The minimum absolute atomic E-state index is 0.262. The summed E-state index contributed by atoms with van der Waals surface area (Å²) < 4.78 is 34.6. The van der Waals surface area contributed by atoms with Gasteiger partial charge >= 0.3 is 0 Å². The van der Waals surface area contributed by atoms with Crippen molar-refractivity contribution in [3.8, 4) is 11.1 Å². The van der Waals surface area contributed by atoms with Crippen LogP contribution in [-0.4, -0.2) is 42.0 Å². The van der Waals surface area contributed by atoms with Crippen LogP contribution in [0.5, 0.6) is 0 Å². The quantitative estimate of drug-likeness (QED) is 0.535. The van der Waals surface area contributed by atoms with Crippen molar-refractivity contribution in [2.75, 3.05) is 25.1 Å². The Morgan fingerprint density at radius 1 is 1.15 bits per heavy atom. The summed E-state index contributed by atoms with van der Waals surface area (Å²) in [4.78, 5) is 0. The first kappa shape index (κ1) is 21.4. The molecule has 2 N–H and O–H groups in total. The first-order valence-electron chi connectivity index (χ1n) is 11.9. The van der Waals surface area contributed by atoms with E-state index < -0.39 is 11.6 Å². The molecule has 2 aliphatic heterocycles. The summed E-state index contributed by atoms with van der Waals surface area (Å²) in [5.41, 5.74) is 0.923. The molecule has 3 aromatic rings. The van der Waals surface area contributed by atoms with Gasteiger partial charge in [0.25, 0.3) is 0 Å². The van der Waals surface area contributed by atoms with Gasteiger partial charge in [-0.05, 0) is 74.6 Å². The summed E-state index contributed by atoms with van der Waals surface area (Å²) in [7, 11) is 0. The van der Waals surface area contributed by atoms with Crippen molar-refractivity contribution in [2.24, 2.45) is 17.8 Å². The Balaban J connectivity index is 1.19. The Kier molecular flexibility index (Phi) is 5.76. The predicted molar refractivity (Wildman–Crippen MR) is 126 cm³/mol. The van der Waals surface area contributed by atoms with E-state index in [0.717, 1.165) is 60.5 Å². The number of fused-ring (bicyclic) bond motifs is 2. The molecule has 3 aliphatic rings. The van der Waals surface area contributed by atoms with Crippen LogP contribution in [0.25, 0.3) is 21.2 Å². The molecule has 6 rings (SSSR count). The highest BCUT2D eigenvalue weighted by Gasteiger charge is 2.44. The second kappa shape index (κ2) is 8.89. The summed E-state index contributed by atoms with van der Waals surface area (Å²) in [6.45, 7) is 2.90. The maximum atomic E-state index is 14.4. The van der Waals surface area contributed by atoms with Gasteiger partial charge < -0.3 is 15.4 Å². The normalized spacial score (nSPS) is 27.8. The van der Waals surface area contributed by atoms with Gasteiger partial charge in [-0.3, -0.25) is 0 Å². The van der Waals surface area contributed by atoms with E-state index in [1.165, 1.54) is 42.7 Å². The largest absolute Gasteiger partial charge is 0.381 e. The maximum Gasteiger partial charge on any atom is 0.166 e. The van der Waals surface area contributed by atoms with E-state index in [9.17, 15) is 8.78 Å². The summed E-state index contributed by atoms with van der Waals surface area (Å²) in [6, 6.07) is 4.51. The van der Waals surface area contributed by atoms with Gasteiger partial charge in [0.1, 0.15) is 11.6 Å². The van der Waals surface area contributed by atoms with E-state index in [-0.39, 0.29) is 5.56 Å². The average molecular weight is 471 g/mol. The number of thiophene rings is 1. The Morgan fingerprint density at radius 2 is 2.03 bits per heavy atom. The number of halogens is 2. The summed E-state index contributed by atoms with van der Waals surface area (Å²) in [5, 5.41) is 18.7. The van der Waals surface area contributed by atoms with Gasteiger partial charge in [0.05, 0.1) is 10.9 Å². The number of ether oxygens (including phenoxy) is 1. The number of benzene rings is 1. The second-order valence-electron chi connectivity index (χ2n) is 9.75. The van der Waals surface area contributed by atoms with Gasteiger partial charge in [0.2, 0.25) is 0 Å². The molecule has 0 amide bonds. The SMILES string of the molecule is Fc1ccc(F)c(-c2csc3c(N[C@H]4C[C@@H]5CN[C@@H](CC6CCOCC6)[C@H]5C4)nncc23)c1. The van der Waals surface area contributed by atoms with E-state index in [2.05, 4.69) is 20.8 Å². The summed E-state index contributed by atoms with van der Waals surface area (Å²) >= 11 is 1.50. The monoisotopic (exact) mass is 470 g/mol. The zero-order chi connectivity index (χ0) is 22.4. The molecule has 4 atom stereocenters. The molecule has 0 unspecified atom stereocenters. The standard InChI is InChI=1S/C25H28F2N4OS/c26-16-1-2-22(27)19(9-16)21-13-33-24-20(21)12-29-31-25(24)30-17-8-15-11-28-23(18(15)10-17)7-14-3-5-32-6-4-14/h1-2,9,12-15,17-18,23,28H,3-8,10-11H2,(H,30,31)/t15-,17+,18+,23+/m1/s1. The molecule has 0 spiro atoms. The highest BCUT2D eigenvalue weighted by Crippen LogP contribution is 2.43. The molecule has 0 bridgehead atoms. The molecule has 1 aromatic carbocycles. The number of hydrogen-bond donors (Lipinski definition) is 2. The number of hydrogen-bond acceptors (Lipinski definition) is 6. The summed E-state index contributed by atoms with van der Waals surface area (Å²) in [6.07, 6.45) is 7.51. The fourth-order valence-electron chi connectivity index (χ4n) is 6.12. The second-order valence-corrected chi connectivity index (χ2v) is 10.6. The third kappa shape index (κ3) is 4.13. The van der Waals surface area contributed by atoms with Crippen molar-refractivity contribution in [2.45, 2.75) is 44.2 Å². The van der Waals surface area contributed by atoms with Crippen LogP contribution in [0.1, 0.15) is 32.1 Å². The van der Waals surface area contributed by atoms with E-state index in [0.29, 0.717) is 29.5 Å². The molecule has 174 valence electrons. The molecule has 33 heavy (non-hydrogen) atoms. The fourth-order valence-corrected chi connectivity index (χ4v) is 7.12. The molecule has 5 nitrogen and oxygen atoms in total. The van der Waals surface area contributed by atoms with Crippen LogP contribution in [-0.2, 0) is 4.74 Å². The lowest BCUT2D eigenvalue weighted by Gasteiger charge is -2.27. The van der Waals surface area contributed by atoms with Crippen molar-refractivity contribution < 1.29 is 13.5 Å². The lowest BCUT2D eigenvalue weighted by molar-refractivity contribution is 0.0594. The van der Waals surface area contributed by atoms with Crippen LogP contribution in [0, 0.1) is 29.4 Å². The van der Waals surface area contributed by atoms with Gasteiger partial charge in [-0.25, -0.2) is 8.78 Å². The first-order valence-corrected chi connectivity index (χ1v) is 12.8. The highest BCUT2D eigenvalue weighted by molar-refractivity contribution is 7.18. The van der Waals surface area contributed by atoms with Crippen LogP contribution >= 0.6 is 11.3 Å². The lowest BCUT2D eigenvalue weighted by Crippen LogP contribution is -2.33. The number of anilines is 1. The molecule has 1 saturated carbocycles. The van der Waals surface area contributed by atoms with Crippen molar-refractivity contribution in [1.82, 2.24) is 15.5 Å². The maximum absolute atomic E-state index is 14.4. The average Bonchev–Trinajstić information content (AvgIpc) is 3.52. The minimum atomic E-state index is -0.451.